The van der Waals surface area contributed by atoms with E-state index >= 15 is 0 Å². The topological polar surface area (TPSA) is 205 Å². The minimum atomic E-state index is -1.78. The van der Waals surface area contributed by atoms with Crippen molar-refractivity contribution in [2.45, 2.75) is 92.9 Å². The molecule has 224 valence electrons. The molecule has 13 nitrogen and oxygen atoms in total. The van der Waals surface area contributed by atoms with Crippen LogP contribution in [0.3, 0.4) is 0 Å². The van der Waals surface area contributed by atoms with Crippen LogP contribution in [0.1, 0.15) is 19.3 Å². The van der Waals surface area contributed by atoms with Crippen molar-refractivity contribution in [1.29, 1.82) is 0 Å². The predicted octanol–water partition coefficient (Wildman–Crippen LogP) is -2.36. The summed E-state index contributed by atoms with van der Waals surface area (Å²) < 4.78 is 28.5. The molecule has 0 aromatic heterocycles. The Kier molecular flexibility index (Phi) is 8.55. The van der Waals surface area contributed by atoms with Crippen molar-refractivity contribution < 1.29 is 64.2 Å². The van der Waals surface area contributed by atoms with Crippen LogP contribution in [-0.2, 0) is 28.5 Å². The maximum absolute atomic E-state index is 12.3. The molecule has 15 unspecified atom stereocenters. The quantitative estimate of drug-likeness (QED) is 0.102. The molecule has 0 radical (unpaired) electrons. The predicted molar refractivity (Wildman–Crippen MR) is 133 cm³/mol. The van der Waals surface area contributed by atoms with E-state index in [1.54, 1.807) is 0 Å². The third-order valence-electron chi connectivity index (χ3n) is 9.01. The fourth-order valence-electron chi connectivity index (χ4n) is 6.65. The van der Waals surface area contributed by atoms with Crippen LogP contribution in [0.4, 0.5) is 0 Å². The molecule has 5 rings (SSSR count). The summed E-state index contributed by atoms with van der Waals surface area (Å²) in [5.74, 6) is -0.990. The smallest absolute Gasteiger partial charge is 0.334 e. The molecule has 13 heteroatoms. The number of aliphatic hydroxyl groups is 7. The average Bonchev–Trinajstić information content (AvgIpc) is 3.35. The molecular weight excluding hydrogens is 532 g/mol. The zero-order valence-electron chi connectivity index (χ0n) is 21.9. The van der Waals surface area contributed by atoms with E-state index in [2.05, 4.69) is 19.7 Å². The highest BCUT2D eigenvalue weighted by Crippen LogP contribution is 2.53. The summed E-state index contributed by atoms with van der Waals surface area (Å²) in [6.07, 6.45) is -14.9. The van der Waals surface area contributed by atoms with Crippen molar-refractivity contribution in [2.24, 2.45) is 17.8 Å². The largest absolute Gasteiger partial charge is 0.458 e. The van der Waals surface area contributed by atoms with Crippen molar-refractivity contribution in [3.8, 4) is 0 Å². The molecule has 5 aliphatic rings. The molecule has 3 saturated heterocycles. The number of allylic oxidation sites excluding steroid dienone is 1. The second kappa shape index (κ2) is 11.5. The Labute approximate surface area is 230 Å². The lowest BCUT2D eigenvalue weighted by Gasteiger charge is -2.46. The van der Waals surface area contributed by atoms with Gasteiger partial charge in [0.15, 0.2) is 12.6 Å². The van der Waals surface area contributed by atoms with Crippen molar-refractivity contribution in [1.82, 2.24) is 0 Å². The number of rotatable bonds is 6. The zero-order chi connectivity index (χ0) is 29.0. The van der Waals surface area contributed by atoms with E-state index in [1.165, 1.54) is 0 Å². The summed E-state index contributed by atoms with van der Waals surface area (Å²) in [5, 5.41) is 71.7. The molecule has 40 heavy (non-hydrogen) atoms. The van der Waals surface area contributed by atoms with Gasteiger partial charge in [0.25, 0.3) is 0 Å². The molecule has 0 bridgehead atoms. The fraction of sp³-hybridized carbons (Fsp3) is 0.741. The van der Waals surface area contributed by atoms with E-state index in [1.807, 2.05) is 0 Å². The Morgan fingerprint density at radius 2 is 1.43 bits per heavy atom. The van der Waals surface area contributed by atoms with E-state index in [9.17, 15) is 40.5 Å². The number of esters is 1. The maximum Gasteiger partial charge on any atom is 0.334 e. The number of carbonyl (C=O) groups is 1. The first-order valence-corrected chi connectivity index (χ1v) is 13.5. The second-order valence-electron chi connectivity index (χ2n) is 11.3. The SMILES string of the molecule is C=C1C(=O)OC2C1CCC(=C)C1CC(OC3OC(CO)C(O)C(OC4OC(CO)C(O)C(O)C4O)C3O)C(=C)C12. The van der Waals surface area contributed by atoms with Crippen molar-refractivity contribution >= 4 is 5.97 Å². The lowest BCUT2D eigenvalue weighted by molar-refractivity contribution is -0.362. The Balaban J connectivity index is 1.33. The molecule has 3 heterocycles. The average molecular weight is 571 g/mol. The van der Waals surface area contributed by atoms with Gasteiger partial charge in [-0.1, -0.05) is 25.3 Å². The van der Waals surface area contributed by atoms with Crippen LogP contribution in [-0.4, -0.2) is 129 Å². The van der Waals surface area contributed by atoms with E-state index < -0.39 is 92.8 Å². The summed E-state index contributed by atoms with van der Waals surface area (Å²) in [4.78, 5) is 12.3. The van der Waals surface area contributed by atoms with Gasteiger partial charge in [-0.2, -0.15) is 0 Å². The summed E-state index contributed by atoms with van der Waals surface area (Å²) in [5.41, 5.74) is 2.02. The molecule has 3 aliphatic heterocycles. The molecule has 15 atom stereocenters. The second-order valence-corrected chi connectivity index (χ2v) is 11.3. The van der Waals surface area contributed by atoms with Crippen molar-refractivity contribution in [2.75, 3.05) is 13.2 Å². The van der Waals surface area contributed by atoms with Crippen LogP contribution in [0, 0.1) is 17.8 Å². The molecule has 5 fully saturated rings. The van der Waals surface area contributed by atoms with Gasteiger partial charge in [0.2, 0.25) is 0 Å². The van der Waals surface area contributed by atoms with Gasteiger partial charge in [-0.3, -0.25) is 0 Å². The lowest BCUT2D eigenvalue weighted by Crippen LogP contribution is -2.65. The monoisotopic (exact) mass is 570 g/mol. The highest BCUT2D eigenvalue weighted by atomic mass is 16.7. The van der Waals surface area contributed by atoms with Gasteiger partial charge >= 0.3 is 5.97 Å². The van der Waals surface area contributed by atoms with Gasteiger partial charge in [-0.05, 0) is 30.8 Å². The molecule has 0 aromatic carbocycles. The maximum atomic E-state index is 12.3. The molecule has 2 aliphatic carbocycles. The normalized spacial score (nSPS) is 49.4. The molecule has 7 N–H and O–H groups in total. The molecule has 2 saturated carbocycles. The van der Waals surface area contributed by atoms with Crippen LogP contribution in [0.5, 0.6) is 0 Å². The first-order valence-electron chi connectivity index (χ1n) is 13.5. The van der Waals surface area contributed by atoms with E-state index in [0.29, 0.717) is 30.4 Å². The highest BCUT2D eigenvalue weighted by Gasteiger charge is 2.56. The Hall–Kier alpha value is -1.75. The van der Waals surface area contributed by atoms with E-state index in [0.717, 1.165) is 5.57 Å². The standard InChI is InChI=1S/C27H38O13/c1-9-4-5-12-10(2)25(35)39-23(12)17-11(3)14(6-13(9)17)36-27-22(34)24(19(31)16(8-29)38-27)40-26-21(33)20(32)18(30)15(7-28)37-26/h12-24,26-34H,1-8H2. The minimum absolute atomic E-state index is 0.104. The number of carbonyl (C=O) groups excluding carboxylic acids is 1. The Morgan fingerprint density at radius 3 is 2.08 bits per heavy atom. The van der Waals surface area contributed by atoms with Crippen LogP contribution >= 0.6 is 0 Å². The number of ether oxygens (including phenoxy) is 5. The molecule has 0 spiro atoms. The highest BCUT2D eigenvalue weighted by molar-refractivity contribution is 5.91. The lowest BCUT2D eigenvalue weighted by atomic mass is 9.82. The van der Waals surface area contributed by atoms with Crippen molar-refractivity contribution in [3.63, 3.8) is 0 Å². The fourth-order valence-corrected chi connectivity index (χ4v) is 6.65. The number of aliphatic hydroxyl groups excluding tert-OH is 7. The van der Waals surface area contributed by atoms with Crippen LogP contribution in [0.2, 0.25) is 0 Å². The summed E-state index contributed by atoms with van der Waals surface area (Å²) in [6.45, 7) is 11.0. The molecule has 0 aromatic rings. The van der Waals surface area contributed by atoms with Gasteiger partial charge in [0.05, 0.1) is 19.3 Å². The minimum Gasteiger partial charge on any atom is -0.458 e. The summed E-state index contributed by atoms with van der Waals surface area (Å²) in [6, 6.07) is 0. The third-order valence-corrected chi connectivity index (χ3v) is 9.01. The van der Waals surface area contributed by atoms with E-state index in [4.69, 9.17) is 23.7 Å². The third kappa shape index (κ3) is 4.96. The first kappa shape index (κ1) is 29.7. The van der Waals surface area contributed by atoms with Crippen molar-refractivity contribution in [3.05, 3.63) is 36.5 Å². The first-order chi connectivity index (χ1) is 19.0. The van der Waals surface area contributed by atoms with Gasteiger partial charge in [0, 0.05) is 17.4 Å². The van der Waals surface area contributed by atoms with Crippen LogP contribution in [0.15, 0.2) is 36.5 Å². The van der Waals surface area contributed by atoms with Crippen LogP contribution < -0.4 is 0 Å². The Morgan fingerprint density at radius 1 is 0.800 bits per heavy atom. The summed E-state index contributed by atoms with van der Waals surface area (Å²) >= 11 is 0. The number of hydrogen-bond donors (Lipinski definition) is 7. The summed E-state index contributed by atoms with van der Waals surface area (Å²) in [7, 11) is 0. The van der Waals surface area contributed by atoms with Gasteiger partial charge in [0.1, 0.15) is 54.9 Å². The zero-order valence-corrected chi connectivity index (χ0v) is 21.9. The Bertz CT molecular complexity index is 1010. The van der Waals surface area contributed by atoms with Crippen LogP contribution in [0.25, 0.3) is 0 Å². The molecular formula is C27H38O13. The number of fused-ring (bicyclic) bond motifs is 3. The van der Waals surface area contributed by atoms with Gasteiger partial charge in [-0.15, -0.1) is 0 Å². The number of hydrogen-bond acceptors (Lipinski definition) is 13. The van der Waals surface area contributed by atoms with E-state index in [-0.39, 0.29) is 17.8 Å². The van der Waals surface area contributed by atoms with Gasteiger partial charge < -0.3 is 59.4 Å². The molecule has 0 amide bonds. The van der Waals surface area contributed by atoms with Gasteiger partial charge in [-0.25, -0.2) is 4.79 Å².